The van der Waals surface area contributed by atoms with E-state index >= 15 is 0 Å². The highest BCUT2D eigenvalue weighted by Gasteiger charge is 2.34. The Morgan fingerprint density at radius 1 is 1.30 bits per heavy atom. The lowest BCUT2D eigenvalue weighted by molar-refractivity contribution is -0.125. The lowest BCUT2D eigenvalue weighted by Crippen LogP contribution is -2.49. The van der Waals surface area contributed by atoms with E-state index in [-0.39, 0.29) is 29.3 Å². The van der Waals surface area contributed by atoms with Crippen molar-refractivity contribution in [2.24, 2.45) is 5.92 Å². The molecule has 2 atom stereocenters. The second-order valence-electron chi connectivity index (χ2n) is 6.37. The van der Waals surface area contributed by atoms with E-state index in [4.69, 9.17) is 0 Å². The molecule has 23 heavy (non-hydrogen) atoms. The molecule has 2 heterocycles. The average molecular weight is 340 g/mol. The number of anilines is 1. The van der Waals surface area contributed by atoms with Gasteiger partial charge in [0.25, 0.3) is 0 Å². The largest absolute Gasteiger partial charge is 0.369 e. The molecule has 1 N–H and O–H groups in total. The van der Waals surface area contributed by atoms with Crippen LogP contribution in [0.15, 0.2) is 24.3 Å². The number of carbonyl (C=O) groups excluding carboxylic acids is 1. The topological polar surface area (TPSA) is 66.5 Å². The van der Waals surface area contributed by atoms with Crippen molar-refractivity contribution in [3.63, 3.8) is 0 Å². The predicted molar refractivity (Wildman–Crippen MR) is 86.5 cm³/mol. The molecule has 1 aromatic carbocycles. The van der Waals surface area contributed by atoms with Crippen molar-refractivity contribution in [3.05, 3.63) is 30.1 Å². The summed E-state index contributed by atoms with van der Waals surface area (Å²) < 4.78 is 36.3. The maximum atomic E-state index is 13.4. The monoisotopic (exact) mass is 340 g/mol. The molecule has 2 aliphatic rings. The van der Waals surface area contributed by atoms with Gasteiger partial charge in [-0.1, -0.05) is 6.07 Å². The number of piperidine rings is 1. The fraction of sp³-hybridized carbons (Fsp3) is 0.562. The van der Waals surface area contributed by atoms with Crippen LogP contribution in [0.1, 0.15) is 19.3 Å². The van der Waals surface area contributed by atoms with Crippen LogP contribution < -0.4 is 10.2 Å². The van der Waals surface area contributed by atoms with Crippen molar-refractivity contribution in [1.29, 1.82) is 0 Å². The van der Waals surface area contributed by atoms with Gasteiger partial charge in [0.2, 0.25) is 5.91 Å². The zero-order chi connectivity index (χ0) is 16.4. The summed E-state index contributed by atoms with van der Waals surface area (Å²) in [6.07, 6.45) is 2.18. The third-order valence-corrected chi connectivity index (χ3v) is 6.31. The van der Waals surface area contributed by atoms with Crippen molar-refractivity contribution in [3.8, 4) is 0 Å². The van der Waals surface area contributed by atoms with E-state index in [1.807, 2.05) is 6.07 Å². The molecule has 0 aliphatic carbocycles. The van der Waals surface area contributed by atoms with Gasteiger partial charge in [-0.05, 0) is 37.5 Å². The fourth-order valence-electron chi connectivity index (χ4n) is 3.32. The Labute approximate surface area is 135 Å². The minimum absolute atomic E-state index is 0.0252. The Bertz CT molecular complexity index is 692. The summed E-state index contributed by atoms with van der Waals surface area (Å²) in [6, 6.07) is 6.41. The van der Waals surface area contributed by atoms with Crippen molar-refractivity contribution in [2.45, 2.75) is 25.3 Å². The first kappa shape index (κ1) is 16.2. The molecular formula is C16H21FN2O3S. The van der Waals surface area contributed by atoms with Crippen LogP contribution in [0.2, 0.25) is 0 Å². The summed E-state index contributed by atoms with van der Waals surface area (Å²) in [7, 11) is -3.05. The zero-order valence-electron chi connectivity index (χ0n) is 12.9. The number of nitrogens with one attached hydrogen (secondary N) is 1. The van der Waals surface area contributed by atoms with Gasteiger partial charge in [-0.25, -0.2) is 12.8 Å². The van der Waals surface area contributed by atoms with Crippen molar-refractivity contribution >= 4 is 21.4 Å². The summed E-state index contributed by atoms with van der Waals surface area (Å²) in [6.45, 7) is 1.45. The van der Waals surface area contributed by atoms with Crippen LogP contribution in [0.5, 0.6) is 0 Å². The maximum Gasteiger partial charge on any atom is 0.224 e. The van der Waals surface area contributed by atoms with Crippen LogP contribution in [0.3, 0.4) is 0 Å². The highest BCUT2D eigenvalue weighted by molar-refractivity contribution is 7.91. The first-order valence-corrected chi connectivity index (χ1v) is 9.76. The van der Waals surface area contributed by atoms with Crippen LogP contribution in [0.25, 0.3) is 0 Å². The molecule has 0 unspecified atom stereocenters. The third-order valence-electron chi connectivity index (χ3n) is 4.54. The van der Waals surface area contributed by atoms with E-state index < -0.39 is 15.8 Å². The van der Waals surface area contributed by atoms with Gasteiger partial charge in [0, 0.05) is 24.8 Å². The van der Waals surface area contributed by atoms with E-state index in [0.717, 1.165) is 25.1 Å². The number of halogens is 1. The van der Waals surface area contributed by atoms with Gasteiger partial charge < -0.3 is 10.2 Å². The number of amides is 1. The van der Waals surface area contributed by atoms with Gasteiger partial charge in [0.1, 0.15) is 5.82 Å². The normalized spacial score (nSPS) is 26.9. The highest BCUT2D eigenvalue weighted by Crippen LogP contribution is 2.22. The quantitative estimate of drug-likeness (QED) is 0.902. The van der Waals surface area contributed by atoms with Gasteiger partial charge >= 0.3 is 0 Å². The number of hydrogen-bond donors (Lipinski definition) is 1. The van der Waals surface area contributed by atoms with Crippen LogP contribution in [0.4, 0.5) is 10.1 Å². The second-order valence-corrected chi connectivity index (χ2v) is 8.60. The van der Waals surface area contributed by atoms with Crippen LogP contribution in [-0.4, -0.2) is 45.0 Å². The number of benzene rings is 1. The number of nitrogens with zero attached hydrogens (tertiary/aromatic N) is 1. The molecule has 3 rings (SSSR count). The Kier molecular flexibility index (Phi) is 4.57. The van der Waals surface area contributed by atoms with Gasteiger partial charge in [0.15, 0.2) is 9.84 Å². The SMILES string of the molecule is O=C(N[C@H]1CCCN(c2cccc(F)c2)C1)[C@H]1CCS(=O)(=O)C1. The van der Waals surface area contributed by atoms with Gasteiger partial charge in [-0.3, -0.25) is 4.79 Å². The standard InChI is InChI=1S/C16H21FN2O3S/c17-13-3-1-5-15(9-13)19-7-2-4-14(10-19)18-16(20)12-6-8-23(21,22)11-12/h1,3,5,9,12,14H,2,4,6-8,10-11H2,(H,18,20)/t12-,14-/m0/s1. The lowest BCUT2D eigenvalue weighted by atomic mass is 10.0. The Morgan fingerprint density at radius 2 is 2.13 bits per heavy atom. The summed E-state index contributed by atoms with van der Waals surface area (Å²) >= 11 is 0. The molecule has 1 amide bonds. The molecular weight excluding hydrogens is 319 g/mol. The van der Waals surface area contributed by atoms with Crippen molar-refractivity contribution in [2.75, 3.05) is 29.5 Å². The molecule has 2 saturated heterocycles. The van der Waals surface area contributed by atoms with Gasteiger partial charge in [-0.15, -0.1) is 0 Å². The maximum absolute atomic E-state index is 13.4. The summed E-state index contributed by atoms with van der Waals surface area (Å²) in [4.78, 5) is 14.3. The minimum Gasteiger partial charge on any atom is -0.369 e. The van der Waals surface area contributed by atoms with Crippen molar-refractivity contribution < 1.29 is 17.6 Å². The molecule has 0 spiro atoms. The minimum atomic E-state index is -3.05. The van der Waals surface area contributed by atoms with Gasteiger partial charge in [-0.2, -0.15) is 0 Å². The van der Waals surface area contributed by atoms with Gasteiger partial charge in [0.05, 0.1) is 17.4 Å². The smallest absolute Gasteiger partial charge is 0.224 e. The molecule has 2 aliphatic heterocycles. The Morgan fingerprint density at radius 3 is 2.83 bits per heavy atom. The summed E-state index contributed by atoms with van der Waals surface area (Å²) in [5, 5.41) is 2.97. The number of hydrogen-bond acceptors (Lipinski definition) is 4. The fourth-order valence-corrected chi connectivity index (χ4v) is 5.06. The Hall–Kier alpha value is -1.63. The molecule has 2 fully saturated rings. The Balaban J connectivity index is 1.60. The first-order valence-electron chi connectivity index (χ1n) is 7.94. The molecule has 7 heteroatoms. The van der Waals surface area contributed by atoms with E-state index in [1.54, 1.807) is 6.07 Å². The van der Waals surface area contributed by atoms with Crippen LogP contribution >= 0.6 is 0 Å². The molecule has 126 valence electrons. The zero-order valence-corrected chi connectivity index (χ0v) is 13.7. The number of sulfone groups is 1. The van der Waals surface area contributed by atoms with E-state index in [0.29, 0.717) is 13.0 Å². The van der Waals surface area contributed by atoms with E-state index in [9.17, 15) is 17.6 Å². The first-order chi connectivity index (χ1) is 10.9. The summed E-state index contributed by atoms with van der Waals surface area (Å²) in [5.41, 5.74) is 0.812. The molecule has 0 saturated carbocycles. The van der Waals surface area contributed by atoms with Crippen LogP contribution in [-0.2, 0) is 14.6 Å². The van der Waals surface area contributed by atoms with E-state index in [1.165, 1.54) is 12.1 Å². The number of rotatable bonds is 3. The lowest BCUT2D eigenvalue weighted by Gasteiger charge is -2.35. The molecule has 0 bridgehead atoms. The summed E-state index contributed by atoms with van der Waals surface area (Å²) in [5.74, 6) is -0.809. The van der Waals surface area contributed by atoms with E-state index in [2.05, 4.69) is 10.2 Å². The molecule has 1 aromatic rings. The molecule has 5 nitrogen and oxygen atoms in total. The third kappa shape index (κ3) is 4.02. The molecule has 0 radical (unpaired) electrons. The second kappa shape index (κ2) is 6.47. The predicted octanol–water partition coefficient (Wildman–Crippen LogP) is 1.35. The molecule has 0 aromatic heterocycles. The highest BCUT2D eigenvalue weighted by atomic mass is 32.2. The van der Waals surface area contributed by atoms with Crippen molar-refractivity contribution in [1.82, 2.24) is 5.32 Å². The van der Waals surface area contributed by atoms with Crippen LogP contribution in [0, 0.1) is 11.7 Å². The average Bonchev–Trinajstić information content (AvgIpc) is 2.88. The number of carbonyl (C=O) groups is 1.